The molecule has 0 spiro atoms. The number of hydrogen-bond acceptors (Lipinski definition) is 2. The maximum Gasteiger partial charge on any atom is 0.220 e. The minimum Gasteiger partial charge on any atom is -0.352 e. The van der Waals surface area contributed by atoms with Crippen LogP contribution in [0.4, 0.5) is 8.78 Å². The van der Waals surface area contributed by atoms with Gasteiger partial charge in [-0.25, -0.2) is 8.78 Å². The van der Waals surface area contributed by atoms with Gasteiger partial charge in [-0.05, 0) is 37.4 Å². The van der Waals surface area contributed by atoms with Crippen LogP contribution in [-0.4, -0.2) is 36.5 Å². The molecule has 1 aromatic carbocycles. The fourth-order valence-electron chi connectivity index (χ4n) is 3.24. The van der Waals surface area contributed by atoms with Crippen LogP contribution in [0.5, 0.6) is 0 Å². The molecule has 20 heavy (non-hydrogen) atoms. The second kappa shape index (κ2) is 5.48. The van der Waals surface area contributed by atoms with E-state index in [0.717, 1.165) is 26.1 Å². The minimum absolute atomic E-state index is 0.000609. The molecule has 0 aliphatic carbocycles. The number of benzene rings is 1. The zero-order valence-electron chi connectivity index (χ0n) is 11.2. The second-order valence-corrected chi connectivity index (χ2v) is 5.68. The molecule has 3 unspecified atom stereocenters. The average molecular weight is 280 g/mol. The maximum absolute atomic E-state index is 13.4. The molecule has 0 aromatic heterocycles. The normalized spacial score (nSPS) is 27.8. The van der Waals surface area contributed by atoms with Gasteiger partial charge in [0, 0.05) is 31.1 Å². The molecule has 3 nitrogen and oxygen atoms in total. The maximum atomic E-state index is 13.4. The zero-order valence-corrected chi connectivity index (χ0v) is 11.2. The summed E-state index contributed by atoms with van der Waals surface area (Å²) in [5, 5.41) is 2.99. The van der Waals surface area contributed by atoms with Crippen LogP contribution in [0.25, 0.3) is 0 Å². The molecule has 1 amide bonds. The third kappa shape index (κ3) is 2.68. The van der Waals surface area contributed by atoms with Crippen LogP contribution in [0.3, 0.4) is 0 Å². The third-order valence-corrected chi connectivity index (χ3v) is 4.34. The Balaban J connectivity index is 1.52. The molecule has 3 rings (SSSR count). The van der Waals surface area contributed by atoms with E-state index in [1.54, 1.807) is 0 Å². The van der Waals surface area contributed by atoms with Crippen LogP contribution in [0, 0.1) is 17.6 Å². The van der Waals surface area contributed by atoms with Gasteiger partial charge in [0.1, 0.15) is 11.6 Å². The van der Waals surface area contributed by atoms with Gasteiger partial charge in [0.2, 0.25) is 5.91 Å². The Morgan fingerprint density at radius 1 is 1.30 bits per heavy atom. The smallest absolute Gasteiger partial charge is 0.220 e. The molecule has 1 aromatic rings. The molecule has 1 N–H and O–H groups in total. The lowest BCUT2D eigenvalue weighted by atomic mass is 9.99. The third-order valence-electron chi connectivity index (χ3n) is 4.34. The van der Waals surface area contributed by atoms with Crippen molar-refractivity contribution < 1.29 is 13.6 Å². The summed E-state index contributed by atoms with van der Waals surface area (Å²) in [6, 6.07) is 3.98. The Bertz CT molecular complexity index is 500. The number of fused-ring (bicyclic) bond motifs is 2. The highest BCUT2D eigenvalue weighted by Crippen LogP contribution is 2.27. The van der Waals surface area contributed by atoms with E-state index >= 15 is 0 Å². The summed E-state index contributed by atoms with van der Waals surface area (Å²) in [6.45, 7) is 3.09. The quantitative estimate of drug-likeness (QED) is 0.911. The SMILES string of the molecule is O=C(CCc1c(F)cccc1F)NC1CN2CCC1C2. The average Bonchev–Trinajstić information content (AvgIpc) is 3.00. The van der Waals surface area contributed by atoms with Gasteiger partial charge in [0.15, 0.2) is 0 Å². The van der Waals surface area contributed by atoms with Crippen molar-refractivity contribution in [2.45, 2.75) is 25.3 Å². The van der Waals surface area contributed by atoms with Crippen molar-refractivity contribution in [1.82, 2.24) is 10.2 Å². The Kier molecular flexibility index (Phi) is 3.70. The number of amides is 1. The van der Waals surface area contributed by atoms with E-state index in [4.69, 9.17) is 0 Å². The van der Waals surface area contributed by atoms with E-state index in [1.165, 1.54) is 18.2 Å². The lowest BCUT2D eigenvalue weighted by molar-refractivity contribution is -0.122. The second-order valence-electron chi connectivity index (χ2n) is 5.68. The molecule has 2 aliphatic heterocycles. The van der Waals surface area contributed by atoms with Crippen molar-refractivity contribution in [2.24, 2.45) is 5.92 Å². The van der Waals surface area contributed by atoms with Crippen LogP contribution < -0.4 is 5.32 Å². The molecule has 2 aliphatic rings. The molecule has 0 saturated carbocycles. The van der Waals surface area contributed by atoms with Crippen molar-refractivity contribution in [3.8, 4) is 0 Å². The van der Waals surface area contributed by atoms with Gasteiger partial charge in [-0.2, -0.15) is 0 Å². The molecular formula is C15H18F2N2O. The van der Waals surface area contributed by atoms with Crippen LogP contribution in [-0.2, 0) is 11.2 Å². The largest absolute Gasteiger partial charge is 0.352 e. The Hall–Kier alpha value is -1.49. The molecular weight excluding hydrogens is 262 g/mol. The van der Waals surface area contributed by atoms with E-state index in [9.17, 15) is 13.6 Å². The van der Waals surface area contributed by atoms with Gasteiger partial charge >= 0.3 is 0 Å². The first-order chi connectivity index (χ1) is 9.63. The Morgan fingerprint density at radius 3 is 2.65 bits per heavy atom. The highest BCUT2D eigenvalue weighted by molar-refractivity contribution is 5.76. The summed E-state index contributed by atoms with van der Waals surface area (Å²) in [7, 11) is 0. The fourth-order valence-corrected chi connectivity index (χ4v) is 3.24. The lowest BCUT2D eigenvalue weighted by Crippen LogP contribution is -2.43. The number of carbonyl (C=O) groups excluding carboxylic acids is 1. The number of halogens is 2. The van der Waals surface area contributed by atoms with Crippen molar-refractivity contribution >= 4 is 5.91 Å². The van der Waals surface area contributed by atoms with Gasteiger partial charge in [-0.1, -0.05) is 6.07 Å². The predicted molar refractivity (Wildman–Crippen MR) is 71.2 cm³/mol. The number of carbonyl (C=O) groups is 1. The highest BCUT2D eigenvalue weighted by Gasteiger charge is 2.38. The van der Waals surface area contributed by atoms with E-state index < -0.39 is 11.6 Å². The van der Waals surface area contributed by atoms with Crippen molar-refractivity contribution in [3.63, 3.8) is 0 Å². The topological polar surface area (TPSA) is 32.3 Å². The molecule has 2 fully saturated rings. The molecule has 2 bridgehead atoms. The molecule has 108 valence electrons. The van der Waals surface area contributed by atoms with Crippen molar-refractivity contribution in [2.75, 3.05) is 19.6 Å². The zero-order chi connectivity index (χ0) is 14.1. The van der Waals surface area contributed by atoms with Gasteiger partial charge in [-0.15, -0.1) is 0 Å². The molecule has 0 radical (unpaired) electrons. The molecule has 2 saturated heterocycles. The van der Waals surface area contributed by atoms with Gasteiger partial charge in [0.05, 0.1) is 0 Å². The van der Waals surface area contributed by atoms with Crippen LogP contribution in [0.1, 0.15) is 18.4 Å². The highest BCUT2D eigenvalue weighted by atomic mass is 19.1. The van der Waals surface area contributed by atoms with E-state index in [0.29, 0.717) is 5.92 Å². The van der Waals surface area contributed by atoms with Crippen LogP contribution >= 0.6 is 0 Å². The number of piperidine rings is 1. The van der Waals surface area contributed by atoms with E-state index in [2.05, 4.69) is 10.2 Å². The van der Waals surface area contributed by atoms with Crippen molar-refractivity contribution in [3.05, 3.63) is 35.4 Å². The Labute approximate surface area is 117 Å². The molecule has 5 heteroatoms. The monoisotopic (exact) mass is 280 g/mol. The summed E-state index contributed by atoms with van der Waals surface area (Å²) < 4.78 is 26.9. The van der Waals surface area contributed by atoms with Crippen LogP contribution in [0.15, 0.2) is 18.2 Å². The van der Waals surface area contributed by atoms with Crippen LogP contribution in [0.2, 0.25) is 0 Å². The first kappa shape index (κ1) is 13.5. The van der Waals surface area contributed by atoms with E-state index in [1.807, 2.05) is 0 Å². The summed E-state index contributed by atoms with van der Waals surface area (Å²) in [5.41, 5.74) is -0.000609. The lowest BCUT2D eigenvalue weighted by Gasteiger charge is -2.23. The van der Waals surface area contributed by atoms with Crippen molar-refractivity contribution in [1.29, 1.82) is 0 Å². The Morgan fingerprint density at radius 2 is 2.05 bits per heavy atom. The van der Waals surface area contributed by atoms with Gasteiger partial charge in [-0.3, -0.25) is 4.79 Å². The minimum atomic E-state index is -0.580. The summed E-state index contributed by atoms with van der Waals surface area (Å²) in [4.78, 5) is 14.2. The summed E-state index contributed by atoms with van der Waals surface area (Å²) in [6.07, 6.45) is 1.36. The fraction of sp³-hybridized carbons (Fsp3) is 0.533. The van der Waals surface area contributed by atoms with Gasteiger partial charge in [0.25, 0.3) is 0 Å². The summed E-state index contributed by atoms with van der Waals surface area (Å²) in [5.74, 6) is -0.733. The number of rotatable bonds is 4. The summed E-state index contributed by atoms with van der Waals surface area (Å²) >= 11 is 0. The molecule has 2 heterocycles. The number of hydrogen-bond donors (Lipinski definition) is 1. The van der Waals surface area contributed by atoms with Gasteiger partial charge < -0.3 is 10.2 Å². The molecule has 3 atom stereocenters. The number of nitrogens with zero attached hydrogens (tertiary/aromatic N) is 1. The van der Waals surface area contributed by atoms with E-state index in [-0.39, 0.29) is 30.4 Å². The number of nitrogens with one attached hydrogen (secondary N) is 1. The first-order valence-electron chi connectivity index (χ1n) is 7.08. The predicted octanol–water partition coefficient (Wildman–Crippen LogP) is 1.72. The standard InChI is InChI=1S/C15H18F2N2O/c16-12-2-1-3-13(17)11(12)4-5-15(20)18-14-9-19-7-6-10(14)8-19/h1-3,10,14H,4-9H2,(H,18,20). The first-order valence-corrected chi connectivity index (χ1v) is 7.08.